The maximum Gasteiger partial charge on any atom is 0.265 e. The van der Waals surface area contributed by atoms with Gasteiger partial charge in [0.15, 0.2) is 6.10 Å². The number of nitrogens with two attached hydrogens (primary N) is 1. The van der Waals surface area contributed by atoms with Gasteiger partial charge in [-0.3, -0.25) is 9.59 Å². The minimum Gasteiger partial charge on any atom is -0.478 e. The van der Waals surface area contributed by atoms with Gasteiger partial charge >= 0.3 is 0 Å². The topological polar surface area (TPSA) is 93.4 Å². The van der Waals surface area contributed by atoms with Crippen molar-refractivity contribution < 1.29 is 14.3 Å². The van der Waals surface area contributed by atoms with E-state index in [0.717, 1.165) is 31.2 Å². The van der Waals surface area contributed by atoms with Gasteiger partial charge in [0.25, 0.3) is 5.91 Å². The van der Waals surface area contributed by atoms with Gasteiger partial charge in [0, 0.05) is 12.0 Å². The zero-order valence-electron chi connectivity index (χ0n) is 14.9. The number of hydrogen-bond acceptors (Lipinski definition) is 4. The Bertz CT molecular complexity index is 661. The number of fused-ring (bicyclic) bond motifs is 1. The molecule has 0 bridgehead atoms. The molecule has 4 N–H and O–H groups in total. The summed E-state index contributed by atoms with van der Waals surface area (Å²) >= 11 is 0. The van der Waals surface area contributed by atoms with Crippen molar-refractivity contribution in [3.8, 4) is 5.75 Å². The molecule has 2 aliphatic rings. The second kappa shape index (κ2) is 7.44. The van der Waals surface area contributed by atoms with Gasteiger partial charge in [0.1, 0.15) is 5.75 Å². The SMILES string of the molecule is CCC1Oc2cc(C(C)NC(=O)C3CCCC(N)C3)ccc2NC1=O. The van der Waals surface area contributed by atoms with Crippen LogP contribution in [0.2, 0.25) is 0 Å². The van der Waals surface area contributed by atoms with Gasteiger partial charge in [-0.25, -0.2) is 0 Å². The Morgan fingerprint density at radius 2 is 2.24 bits per heavy atom. The van der Waals surface area contributed by atoms with E-state index >= 15 is 0 Å². The van der Waals surface area contributed by atoms with E-state index in [-0.39, 0.29) is 29.8 Å². The van der Waals surface area contributed by atoms with Crippen LogP contribution in [-0.2, 0) is 9.59 Å². The Kier molecular flexibility index (Phi) is 5.27. The first kappa shape index (κ1) is 17.7. The number of amides is 2. The van der Waals surface area contributed by atoms with Crippen molar-refractivity contribution in [2.75, 3.05) is 5.32 Å². The predicted molar refractivity (Wildman–Crippen MR) is 96.3 cm³/mol. The Hall–Kier alpha value is -2.08. The molecule has 25 heavy (non-hydrogen) atoms. The van der Waals surface area contributed by atoms with Crippen LogP contribution in [0.3, 0.4) is 0 Å². The van der Waals surface area contributed by atoms with Crippen molar-refractivity contribution in [3.63, 3.8) is 0 Å². The molecule has 4 unspecified atom stereocenters. The van der Waals surface area contributed by atoms with Gasteiger partial charge in [-0.15, -0.1) is 0 Å². The minimum absolute atomic E-state index is 0.00355. The molecule has 136 valence electrons. The molecule has 1 aliphatic carbocycles. The van der Waals surface area contributed by atoms with E-state index in [9.17, 15) is 9.59 Å². The zero-order valence-corrected chi connectivity index (χ0v) is 14.9. The van der Waals surface area contributed by atoms with Crippen LogP contribution in [0.4, 0.5) is 5.69 Å². The summed E-state index contributed by atoms with van der Waals surface area (Å²) in [5.74, 6) is 0.618. The normalized spacial score (nSPS) is 26.8. The highest BCUT2D eigenvalue weighted by atomic mass is 16.5. The summed E-state index contributed by atoms with van der Waals surface area (Å²) in [6, 6.07) is 5.64. The van der Waals surface area contributed by atoms with Gasteiger partial charge in [-0.05, 0) is 50.3 Å². The van der Waals surface area contributed by atoms with Crippen LogP contribution in [0.5, 0.6) is 5.75 Å². The second-order valence-electron chi connectivity index (χ2n) is 7.11. The summed E-state index contributed by atoms with van der Waals surface area (Å²) in [5, 5.41) is 5.95. The van der Waals surface area contributed by atoms with Crippen molar-refractivity contribution in [2.45, 2.75) is 64.1 Å². The number of ether oxygens (including phenoxy) is 1. The first-order valence-electron chi connectivity index (χ1n) is 9.15. The lowest BCUT2D eigenvalue weighted by molar-refractivity contribution is -0.126. The molecule has 0 radical (unpaired) electrons. The molecule has 3 rings (SSSR count). The van der Waals surface area contributed by atoms with Crippen molar-refractivity contribution in [1.29, 1.82) is 0 Å². The third-order valence-corrected chi connectivity index (χ3v) is 5.14. The van der Waals surface area contributed by atoms with Crippen molar-refractivity contribution in [3.05, 3.63) is 23.8 Å². The van der Waals surface area contributed by atoms with Crippen molar-refractivity contribution in [1.82, 2.24) is 5.32 Å². The van der Waals surface area contributed by atoms with Crippen LogP contribution in [-0.4, -0.2) is 24.0 Å². The lowest BCUT2D eigenvalue weighted by Gasteiger charge is -2.28. The smallest absolute Gasteiger partial charge is 0.265 e. The number of rotatable bonds is 4. The van der Waals surface area contributed by atoms with E-state index in [4.69, 9.17) is 10.5 Å². The molecule has 1 saturated carbocycles. The Morgan fingerprint density at radius 1 is 1.44 bits per heavy atom. The fourth-order valence-electron chi connectivity index (χ4n) is 3.58. The zero-order chi connectivity index (χ0) is 18.0. The molecule has 1 heterocycles. The van der Waals surface area contributed by atoms with E-state index in [1.54, 1.807) is 0 Å². The number of carbonyl (C=O) groups is 2. The van der Waals surface area contributed by atoms with Crippen molar-refractivity contribution in [2.24, 2.45) is 11.7 Å². The van der Waals surface area contributed by atoms with Gasteiger partial charge in [0.05, 0.1) is 11.7 Å². The number of benzene rings is 1. The summed E-state index contributed by atoms with van der Waals surface area (Å²) in [6.07, 6.45) is 3.84. The summed E-state index contributed by atoms with van der Waals surface area (Å²) in [4.78, 5) is 24.4. The average Bonchev–Trinajstić information content (AvgIpc) is 2.60. The molecule has 0 saturated heterocycles. The molecule has 1 aliphatic heterocycles. The fraction of sp³-hybridized carbons (Fsp3) is 0.579. The van der Waals surface area contributed by atoms with Crippen LogP contribution in [0, 0.1) is 5.92 Å². The highest BCUT2D eigenvalue weighted by molar-refractivity contribution is 5.97. The first-order valence-corrected chi connectivity index (χ1v) is 9.15. The van der Waals surface area contributed by atoms with Crippen LogP contribution in [0.1, 0.15) is 57.6 Å². The van der Waals surface area contributed by atoms with Crippen molar-refractivity contribution >= 4 is 17.5 Å². The first-order chi connectivity index (χ1) is 12.0. The van der Waals surface area contributed by atoms with E-state index in [0.29, 0.717) is 17.9 Å². The predicted octanol–water partition coefficient (Wildman–Crippen LogP) is 2.49. The quantitative estimate of drug-likeness (QED) is 0.781. The lowest BCUT2D eigenvalue weighted by Crippen LogP contribution is -2.39. The van der Waals surface area contributed by atoms with Gasteiger partial charge in [0.2, 0.25) is 5.91 Å². The Balaban J connectivity index is 1.67. The summed E-state index contributed by atoms with van der Waals surface area (Å²) in [5.41, 5.74) is 7.62. The Morgan fingerprint density at radius 3 is 2.96 bits per heavy atom. The highest BCUT2D eigenvalue weighted by Gasteiger charge is 2.28. The van der Waals surface area contributed by atoms with E-state index in [2.05, 4.69) is 10.6 Å². The summed E-state index contributed by atoms with van der Waals surface area (Å²) < 4.78 is 5.78. The van der Waals surface area contributed by atoms with Crippen LogP contribution >= 0.6 is 0 Å². The number of anilines is 1. The number of carbonyl (C=O) groups excluding carboxylic acids is 2. The van der Waals surface area contributed by atoms with Crippen LogP contribution in [0.25, 0.3) is 0 Å². The monoisotopic (exact) mass is 345 g/mol. The number of hydrogen-bond donors (Lipinski definition) is 3. The number of nitrogens with one attached hydrogen (secondary N) is 2. The maximum absolute atomic E-state index is 12.5. The third kappa shape index (κ3) is 3.95. The summed E-state index contributed by atoms with van der Waals surface area (Å²) in [7, 11) is 0. The summed E-state index contributed by atoms with van der Waals surface area (Å²) in [6.45, 7) is 3.87. The molecular formula is C19H27N3O3. The maximum atomic E-state index is 12.5. The molecule has 1 aromatic carbocycles. The lowest BCUT2D eigenvalue weighted by atomic mass is 9.85. The molecule has 2 amide bonds. The van der Waals surface area contributed by atoms with Gasteiger partial charge < -0.3 is 21.1 Å². The third-order valence-electron chi connectivity index (χ3n) is 5.14. The molecule has 1 fully saturated rings. The molecule has 0 aromatic heterocycles. The van der Waals surface area contributed by atoms with Crippen LogP contribution in [0.15, 0.2) is 18.2 Å². The standard InChI is InChI=1S/C19H27N3O3/c1-3-16-19(24)22-15-8-7-12(10-17(15)25-16)11(2)21-18(23)13-5-4-6-14(20)9-13/h7-8,10-11,13-14,16H,3-6,9,20H2,1-2H3,(H,21,23)(H,22,24). The van der Waals surface area contributed by atoms with E-state index < -0.39 is 6.10 Å². The Labute approximate surface area is 148 Å². The molecule has 4 atom stereocenters. The molecule has 6 nitrogen and oxygen atoms in total. The molecule has 0 spiro atoms. The molecule has 1 aromatic rings. The molecular weight excluding hydrogens is 318 g/mol. The van der Waals surface area contributed by atoms with E-state index in [1.165, 1.54) is 0 Å². The van der Waals surface area contributed by atoms with Gasteiger partial charge in [-0.1, -0.05) is 19.4 Å². The average molecular weight is 345 g/mol. The largest absolute Gasteiger partial charge is 0.478 e. The van der Waals surface area contributed by atoms with E-state index in [1.807, 2.05) is 32.0 Å². The minimum atomic E-state index is -0.462. The fourth-order valence-corrected chi connectivity index (χ4v) is 3.58. The van der Waals surface area contributed by atoms with Crippen LogP contribution < -0.4 is 21.1 Å². The van der Waals surface area contributed by atoms with Gasteiger partial charge in [-0.2, -0.15) is 0 Å². The second-order valence-corrected chi connectivity index (χ2v) is 7.11. The molecule has 6 heteroatoms. The highest BCUT2D eigenvalue weighted by Crippen LogP contribution is 2.33.